The molecule has 0 saturated carbocycles. The molecular formula is C19H32O2. The Labute approximate surface area is 130 Å². The molecule has 0 amide bonds. The van der Waals surface area contributed by atoms with Crippen molar-refractivity contribution in [3.63, 3.8) is 0 Å². The van der Waals surface area contributed by atoms with E-state index in [2.05, 4.69) is 52.0 Å². The normalized spacial score (nSPS) is 13.2. The molecule has 0 heterocycles. The second-order valence-corrected chi connectivity index (χ2v) is 6.94. The molecule has 0 radical (unpaired) electrons. The van der Waals surface area contributed by atoms with E-state index in [4.69, 9.17) is 9.47 Å². The van der Waals surface area contributed by atoms with Gasteiger partial charge in [-0.25, -0.2) is 0 Å². The number of hydrogen-bond acceptors (Lipinski definition) is 2. The van der Waals surface area contributed by atoms with Crippen LogP contribution in [-0.2, 0) is 11.2 Å². The van der Waals surface area contributed by atoms with E-state index in [1.54, 1.807) is 0 Å². The van der Waals surface area contributed by atoms with Crippen LogP contribution in [0.4, 0.5) is 0 Å². The van der Waals surface area contributed by atoms with Crippen molar-refractivity contribution in [3.05, 3.63) is 29.8 Å². The maximum Gasteiger partial charge on any atom is 0.200 e. The topological polar surface area (TPSA) is 18.5 Å². The predicted octanol–water partition coefficient (Wildman–Crippen LogP) is 5.45. The lowest BCUT2D eigenvalue weighted by Crippen LogP contribution is -2.25. The molecule has 0 aliphatic carbocycles. The first-order valence-corrected chi connectivity index (χ1v) is 8.27. The SMILES string of the molecule is CC(C)CCc1ccc(OC(CC(C)C)OC(C)C)cc1. The van der Waals surface area contributed by atoms with Crippen LogP contribution in [0.2, 0.25) is 0 Å². The highest BCUT2D eigenvalue weighted by atomic mass is 16.7. The van der Waals surface area contributed by atoms with Gasteiger partial charge in [0.05, 0.1) is 6.10 Å². The van der Waals surface area contributed by atoms with Gasteiger partial charge in [-0.3, -0.25) is 0 Å². The number of aryl methyl sites for hydroxylation is 1. The summed E-state index contributed by atoms with van der Waals surface area (Å²) < 4.78 is 11.8. The first-order valence-electron chi connectivity index (χ1n) is 8.27. The molecule has 120 valence electrons. The fraction of sp³-hybridized carbons (Fsp3) is 0.684. The van der Waals surface area contributed by atoms with Gasteiger partial charge in [-0.1, -0.05) is 39.8 Å². The average molecular weight is 292 g/mol. The van der Waals surface area contributed by atoms with Gasteiger partial charge in [0, 0.05) is 6.42 Å². The van der Waals surface area contributed by atoms with Gasteiger partial charge in [-0.15, -0.1) is 0 Å². The summed E-state index contributed by atoms with van der Waals surface area (Å²) in [5, 5.41) is 0. The van der Waals surface area contributed by atoms with Crippen LogP contribution in [0.3, 0.4) is 0 Å². The zero-order valence-electron chi connectivity index (χ0n) is 14.6. The van der Waals surface area contributed by atoms with Crippen LogP contribution in [-0.4, -0.2) is 12.4 Å². The molecule has 1 rings (SSSR count). The van der Waals surface area contributed by atoms with Crippen molar-refractivity contribution >= 4 is 0 Å². The first-order chi connectivity index (χ1) is 9.86. The van der Waals surface area contributed by atoms with Crippen molar-refractivity contribution in [2.75, 3.05) is 0 Å². The van der Waals surface area contributed by atoms with Crippen LogP contribution < -0.4 is 4.74 Å². The third-order valence-corrected chi connectivity index (χ3v) is 3.29. The average Bonchev–Trinajstić information content (AvgIpc) is 2.36. The molecule has 0 aliphatic rings. The Balaban J connectivity index is 2.58. The fourth-order valence-corrected chi connectivity index (χ4v) is 2.16. The van der Waals surface area contributed by atoms with Gasteiger partial charge >= 0.3 is 0 Å². The highest BCUT2D eigenvalue weighted by Gasteiger charge is 2.15. The van der Waals surface area contributed by atoms with Crippen LogP contribution in [0.5, 0.6) is 5.75 Å². The molecule has 0 bridgehead atoms. The Morgan fingerprint density at radius 1 is 0.857 bits per heavy atom. The molecule has 1 aromatic carbocycles. The highest BCUT2D eigenvalue weighted by Crippen LogP contribution is 2.20. The second-order valence-electron chi connectivity index (χ2n) is 6.94. The van der Waals surface area contributed by atoms with E-state index in [-0.39, 0.29) is 12.4 Å². The Hall–Kier alpha value is -1.02. The second kappa shape index (κ2) is 9.09. The van der Waals surface area contributed by atoms with Gasteiger partial charge < -0.3 is 9.47 Å². The van der Waals surface area contributed by atoms with E-state index in [1.165, 1.54) is 12.0 Å². The maximum absolute atomic E-state index is 5.99. The molecule has 1 atom stereocenters. The van der Waals surface area contributed by atoms with Crippen molar-refractivity contribution in [1.29, 1.82) is 0 Å². The largest absolute Gasteiger partial charge is 0.465 e. The smallest absolute Gasteiger partial charge is 0.200 e. The van der Waals surface area contributed by atoms with Gasteiger partial charge in [-0.05, 0) is 56.2 Å². The van der Waals surface area contributed by atoms with Gasteiger partial charge in [0.15, 0.2) is 6.29 Å². The van der Waals surface area contributed by atoms with Gasteiger partial charge in [-0.2, -0.15) is 0 Å². The molecule has 2 heteroatoms. The summed E-state index contributed by atoms with van der Waals surface area (Å²) in [5.41, 5.74) is 1.38. The van der Waals surface area contributed by atoms with E-state index in [9.17, 15) is 0 Å². The maximum atomic E-state index is 5.99. The van der Waals surface area contributed by atoms with Crippen molar-refractivity contribution in [2.45, 2.75) is 73.2 Å². The summed E-state index contributed by atoms with van der Waals surface area (Å²) >= 11 is 0. The van der Waals surface area contributed by atoms with Crippen LogP contribution in [0.1, 0.15) is 59.9 Å². The lowest BCUT2D eigenvalue weighted by molar-refractivity contribution is -0.117. The van der Waals surface area contributed by atoms with Crippen LogP contribution in [0.25, 0.3) is 0 Å². The quantitative estimate of drug-likeness (QED) is 0.563. The standard InChI is InChI=1S/C19H32O2/c1-14(2)7-8-17-9-11-18(12-10-17)21-19(13-15(3)4)20-16(5)6/h9-12,14-16,19H,7-8,13H2,1-6H3. The Kier molecular flexibility index (Phi) is 7.81. The molecule has 0 aromatic heterocycles. The zero-order chi connectivity index (χ0) is 15.8. The molecule has 0 N–H and O–H groups in total. The Bertz CT molecular complexity index is 369. The molecule has 0 spiro atoms. The summed E-state index contributed by atoms with van der Waals surface area (Å²) in [4.78, 5) is 0. The van der Waals surface area contributed by atoms with Crippen molar-refractivity contribution in [3.8, 4) is 5.75 Å². The Morgan fingerprint density at radius 2 is 1.48 bits per heavy atom. The number of rotatable bonds is 9. The zero-order valence-corrected chi connectivity index (χ0v) is 14.6. The Morgan fingerprint density at radius 3 is 1.95 bits per heavy atom. The van der Waals surface area contributed by atoms with Gasteiger partial charge in [0.2, 0.25) is 0 Å². The van der Waals surface area contributed by atoms with Crippen molar-refractivity contribution in [1.82, 2.24) is 0 Å². The summed E-state index contributed by atoms with van der Waals surface area (Å²) in [6.07, 6.45) is 3.29. The molecule has 2 nitrogen and oxygen atoms in total. The van der Waals surface area contributed by atoms with Crippen molar-refractivity contribution in [2.24, 2.45) is 11.8 Å². The van der Waals surface area contributed by atoms with Crippen LogP contribution in [0.15, 0.2) is 24.3 Å². The summed E-state index contributed by atoms with van der Waals surface area (Å²) in [7, 11) is 0. The van der Waals surface area contributed by atoms with E-state index in [0.717, 1.165) is 24.5 Å². The molecular weight excluding hydrogens is 260 g/mol. The molecule has 21 heavy (non-hydrogen) atoms. The van der Waals surface area contributed by atoms with E-state index < -0.39 is 0 Å². The minimum Gasteiger partial charge on any atom is -0.465 e. The molecule has 1 aromatic rings. The number of ether oxygens (including phenoxy) is 2. The fourth-order valence-electron chi connectivity index (χ4n) is 2.16. The third-order valence-electron chi connectivity index (χ3n) is 3.29. The van der Waals surface area contributed by atoms with Gasteiger partial charge in [0.1, 0.15) is 5.75 Å². The lowest BCUT2D eigenvalue weighted by Gasteiger charge is -2.23. The van der Waals surface area contributed by atoms with E-state index in [0.29, 0.717) is 5.92 Å². The number of hydrogen-bond donors (Lipinski definition) is 0. The summed E-state index contributed by atoms with van der Waals surface area (Å²) in [5.74, 6) is 2.20. The predicted molar refractivity (Wildman–Crippen MR) is 89.7 cm³/mol. The number of benzene rings is 1. The third kappa shape index (κ3) is 8.11. The summed E-state index contributed by atoms with van der Waals surface area (Å²) in [6, 6.07) is 8.46. The molecule has 0 fully saturated rings. The highest BCUT2D eigenvalue weighted by molar-refractivity contribution is 5.27. The van der Waals surface area contributed by atoms with Gasteiger partial charge in [0.25, 0.3) is 0 Å². The monoisotopic (exact) mass is 292 g/mol. The molecule has 0 aliphatic heterocycles. The minimum absolute atomic E-state index is 0.161. The van der Waals surface area contributed by atoms with E-state index in [1.807, 2.05) is 13.8 Å². The lowest BCUT2D eigenvalue weighted by atomic mass is 10.0. The molecule has 1 unspecified atom stereocenters. The molecule has 0 saturated heterocycles. The minimum atomic E-state index is -0.161. The summed E-state index contributed by atoms with van der Waals surface area (Å²) in [6.45, 7) is 13.0. The van der Waals surface area contributed by atoms with Crippen LogP contribution in [0, 0.1) is 11.8 Å². The van der Waals surface area contributed by atoms with Crippen molar-refractivity contribution < 1.29 is 9.47 Å². The van der Waals surface area contributed by atoms with Crippen LogP contribution >= 0.6 is 0 Å². The van der Waals surface area contributed by atoms with E-state index >= 15 is 0 Å². The first kappa shape index (κ1) is 18.0.